The number of benzene rings is 1. The van der Waals surface area contributed by atoms with Crippen molar-refractivity contribution in [2.75, 3.05) is 6.61 Å². The summed E-state index contributed by atoms with van der Waals surface area (Å²) in [6.45, 7) is 3.68. The molecule has 0 amide bonds. The predicted molar refractivity (Wildman–Crippen MR) is 65.7 cm³/mol. The van der Waals surface area contributed by atoms with Crippen molar-refractivity contribution >= 4 is 5.97 Å². The van der Waals surface area contributed by atoms with Gasteiger partial charge in [-0.05, 0) is 17.5 Å². The molecule has 92 valence electrons. The first-order valence-electron chi connectivity index (χ1n) is 5.43. The Kier molecular flexibility index (Phi) is 5.39. The molecule has 0 aliphatic heterocycles. The second-order valence-electron chi connectivity index (χ2n) is 3.72. The number of nitrogens with one attached hydrogen (secondary N) is 1. The summed E-state index contributed by atoms with van der Waals surface area (Å²) in [5.74, 6) is -1.05. The summed E-state index contributed by atoms with van der Waals surface area (Å²) < 4.78 is 0. The third kappa shape index (κ3) is 4.01. The number of allylic oxidation sites excluding steroid dienone is 1. The van der Waals surface area contributed by atoms with Crippen LogP contribution in [0.25, 0.3) is 0 Å². The molecular formula is C13H17NO3. The molecule has 4 heteroatoms. The molecule has 17 heavy (non-hydrogen) atoms. The Morgan fingerprint density at radius 1 is 1.41 bits per heavy atom. The number of rotatable bonds is 7. The van der Waals surface area contributed by atoms with Crippen LogP contribution < -0.4 is 5.32 Å². The highest BCUT2D eigenvalue weighted by Crippen LogP contribution is 2.09. The Morgan fingerprint density at radius 3 is 2.59 bits per heavy atom. The number of carboxylic acid groups (broad SMARTS) is 1. The maximum Gasteiger partial charge on any atom is 0.323 e. The number of carboxylic acids is 1. The zero-order valence-electron chi connectivity index (χ0n) is 9.60. The van der Waals surface area contributed by atoms with Crippen LogP contribution in [-0.2, 0) is 17.8 Å². The van der Waals surface area contributed by atoms with Crippen molar-refractivity contribution in [1.82, 2.24) is 5.32 Å². The number of hydrogen-bond donors (Lipinski definition) is 3. The second kappa shape index (κ2) is 6.83. The van der Waals surface area contributed by atoms with Crippen molar-refractivity contribution in [3.05, 3.63) is 48.0 Å². The molecule has 0 bridgehead atoms. The number of aliphatic hydroxyl groups excluding tert-OH is 1. The smallest absolute Gasteiger partial charge is 0.323 e. The van der Waals surface area contributed by atoms with E-state index >= 15 is 0 Å². The van der Waals surface area contributed by atoms with Gasteiger partial charge < -0.3 is 10.2 Å². The highest BCUT2D eigenvalue weighted by atomic mass is 16.4. The molecule has 0 heterocycles. The van der Waals surface area contributed by atoms with Crippen LogP contribution in [0.1, 0.15) is 11.1 Å². The number of aliphatic carboxylic acids is 1. The lowest BCUT2D eigenvalue weighted by molar-refractivity contribution is -0.140. The molecule has 1 rings (SSSR count). The van der Waals surface area contributed by atoms with E-state index in [1.807, 2.05) is 24.3 Å². The third-order valence-corrected chi connectivity index (χ3v) is 2.50. The van der Waals surface area contributed by atoms with E-state index in [4.69, 9.17) is 10.2 Å². The van der Waals surface area contributed by atoms with E-state index < -0.39 is 18.6 Å². The fraction of sp³-hybridized carbons (Fsp3) is 0.308. The van der Waals surface area contributed by atoms with E-state index in [0.717, 1.165) is 17.5 Å². The Balaban J connectivity index is 2.67. The summed E-state index contributed by atoms with van der Waals surface area (Å²) in [5, 5.41) is 20.5. The highest BCUT2D eigenvalue weighted by molar-refractivity contribution is 5.73. The monoisotopic (exact) mass is 235 g/mol. The van der Waals surface area contributed by atoms with Gasteiger partial charge in [-0.1, -0.05) is 30.3 Å². The summed E-state index contributed by atoms with van der Waals surface area (Å²) >= 11 is 0. The molecule has 1 unspecified atom stereocenters. The van der Waals surface area contributed by atoms with Crippen LogP contribution in [0.4, 0.5) is 0 Å². The van der Waals surface area contributed by atoms with Gasteiger partial charge in [0, 0.05) is 6.54 Å². The molecule has 0 aromatic heterocycles. The van der Waals surface area contributed by atoms with Gasteiger partial charge in [-0.3, -0.25) is 10.1 Å². The maximum atomic E-state index is 10.7. The highest BCUT2D eigenvalue weighted by Gasteiger charge is 2.15. The molecule has 1 atom stereocenters. The Labute approximate surface area is 101 Å². The lowest BCUT2D eigenvalue weighted by Crippen LogP contribution is -2.39. The minimum absolute atomic E-state index is 0.418. The van der Waals surface area contributed by atoms with E-state index in [1.165, 1.54) is 0 Å². The SMILES string of the molecule is C=CCc1ccccc1CNC(CO)C(=O)O. The van der Waals surface area contributed by atoms with Gasteiger partial charge in [-0.15, -0.1) is 6.58 Å². The summed E-state index contributed by atoms with van der Waals surface area (Å²) in [5.41, 5.74) is 2.13. The van der Waals surface area contributed by atoms with E-state index in [1.54, 1.807) is 6.08 Å². The molecule has 1 aromatic carbocycles. The largest absolute Gasteiger partial charge is 0.480 e. The standard InChI is InChI=1S/C13H17NO3/c1-2-5-10-6-3-4-7-11(10)8-14-12(9-15)13(16)17/h2-4,6-7,12,14-15H,1,5,8-9H2,(H,16,17). The van der Waals surface area contributed by atoms with Crippen LogP contribution in [-0.4, -0.2) is 28.8 Å². The zero-order chi connectivity index (χ0) is 12.7. The fourth-order valence-electron chi connectivity index (χ4n) is 1.55. The first-order valence-corrected chi connectivity index (χ1v) is 5.43. The normalized spacial score (nSPS) is 12.1. The van der Waals surface area contributed by atoms with Crippen molar-refractivity contribution in [2.24, 2.45) is 0 Å². The lowest BCUT2D eigenvalue weighted by atomic mass is 10.0. The summed E-state index contributed by atoms with van der Waals surface area (Å²) in [6.07, 6.45) is 2.55. The Hall–Kier alpha value is -1.65. The maximum absolute atomic E-state index is 10.7. The van der Waals surface area contributed by atoms with Gasteiger partial charge in [0.1, 0.15) is 6.04 Å². The van der Waals surface area contributed by atoms with Gasteiger partial charge in [0.25, 0.3) is 0 Å². The van der Waals surface area contributed by atoms with Crippen LogP contribution in [0.3, 0.4) is 0 Å². The Bertz CT molecular complexity index is 390. The molecule has 3 N–H and O–H groups in total. The van der Waals surface area contributed by atoms with Gasteiger partial charge in [0.05, 0.1) is 6.61 Å². The molecule has 0 fully saturated rings. The van der Waals surface area contributed by atoms with Crippen molar-refractivity contribution in [1.29, 1.82) is 0 Å². The molecule has 0 saturated carbocycles. The van der Waals surface area contributed by atoms with Gasteiger partial charge in [0.2, 0.25) is 0 Å². The quantitative estimate of drug-likeness (QED) is 0.615. The zero-order valence-corrected chi connectivity index (χ0v) is 9.60. The molecule has 0 saturated heterocycles. The van der Waals surface area contributed by atoms with Crippen molar-refractivity contribution in [2.45, 2.75) is 19.0 Å². The van der Waals surface area contributed by atoms with Crippen molar-refractivity contribution in [3.63, 3.8) is 0 Å². The van der Waals surface area contributed by atoms with E-state index in [0.29, 0.717) is 6.54 Å². The average Bonchev–Trinajstić information content (AvgIpc) is 2.32. The first kappa shape index (κ1) is 13.4. The summed E-state index contributed by atoms with van der Waals surface area (Å²) in [7, 11) is 0. The number of hydrogen-bond acceptors (Lipinski definition) is 3. The molecule has 0 aliphatic carbocycles. The molecule has 0 aliphatic rings. The number of carbonyl (C=O) groups is 1. The molecule has 0 radical (unpaired) electrons. The fourth-order valence-corrected chi connectivity index (χ4v) is 1.55. The Morgan fingerprint density at radius 2 is 2.06 bits per heavy atom. The topological polar surface area (TPSA) is 69.6 Å². The van der Waals surface area contributed by atoms with Gasteiger partial charge in [-0.25, -0.2) is 0 Å². The third-order valence-electron chi connectivity index (χ3n) is 2.50. The summed E-state index contributed by atoms with van der Waals surface area (Å²) in [6, 6.07) is 6.82. The summed E-state index contributed by atoms with van der Waals surface area (Å²) in [4.78, 5) is 10.7. The average molecular weight is 235 g/mol. The van der Waals surface area contributed by atoms with Crippen LogP contribution in [0.15, 0.2) is 36.9 Å². The predicted octanol–water partition coefficient (Wildman–Crippen LogP) is 0.950. The molecule has 4 nitrogen and oxygen atoms in total. The minimum atomic E-state index is -1.05. The first-order chi connectivity index (χ1) is 8.19. The van der Waals surface area contributed by atoms with Crippen molar-refractivity contribution < 1.29 is 15.0 Å². The second-order valence-corrected chi connectivity index (χ2v) is 3.72. The number of aliphatic hydroxyl groups is 1. The molecule has 1 aromatic rings. The van der Waals surface area contributed by atoms with Crippen LogP contribution in [0.5, 0.6) is 0 Å². The van der Waals surface area contributed by atoms with Gasteiger partial charge in [0.15, 0.2) is 0 Å². The van der Waals surface area contributed by atoms with E-state index in [-0.39, 0.29) is 0 Å². The van der Waals surface area contributed by atoms with Crippen molar-refractivity contribution in [3.8, 4) is 0 Å². The lowest BCUT2D eigenvalue weighted by Gasteiger charge is -2.13. The minimum Gasteiger partial charge on any atom is -0.480 e. The molecular weight excluding hydrogens is 218 g/mol. The van der Waals surface area contributed by atoms with Gasteiger partial charge in [-0.2, -0.15) is 0 Å². The van der Waals surface area contributed by atoms with Gasteiger partial charge >= 0.3 is 5.97 Å². The van der Waals surface area contributed by atoms with Crippen LogP contribution in [0, 0.1) is 0 Å². The molecule has 0 spiro atoms. The van der Waals surface area contributed by atoms with E-state index in [2.05, 4.69) is 11.9 Å². The van der Waals surface area contributed by atoms with Crippen LogP contribution in [0.2, 0.25) is 0 Å². The van der Waals surface area contributed by atoms with Crippen LogP contribution >= 0.6 is 0 Å². The van der Waals surface area contributed by atoms with E-state index in [9.17, 15) is 4.79 Å².